The summed E-state index contributed by atoms with van der Waals surface area (Å²) in [5.41, 5.74) is 2.52. The van der Waals surface area contributed by atoms with E-state index in [9.17, 15) is 13.9 Å². The number of halogens is 3. The van der Waals surface area contributed by atoms with E-state index in [4.69, 9.17) is 11.6 Å². The fourth-order valence-corrected chi connectivity index (χ4v) is 5.05. The Bertz CT molecular complexity index is 1040. The molecule has 1 aliphatic heterocycles. The van der Waals surface area contributed by atoms with Crippen molar-refractivity contribution in [2.45, 2.75) is 12.0 Å². The third kappa shape index (κ3) is 3.70. The number of nitrogens with zero attached hydrogens (tertiary/aromatic N) is 1. The zero-order valence-corrected chi connectivity index (χ0v) is 16.2. The minimum atomic E-state index is -0.966. The predicted molar refractivity (Wildman–Crippen MR) is 109 cm³/mol. The molecule has 1 N–H and O–H groups in total. The SMILES string of the molecule is OC(C1=C(c2cccc(Cl)c2)SCC1c1ccc(F)cc1F)c1cccnc1. The molecule has 0 radical (unpaired) electrons. The number of hydrogen-bond acceptors (Lipinski definition) is 3. The average Bonchev–Trinajstić information content (AvgIpc) is 3.13. The minimum Gasteiger partial charge on any atom is -0.384 e. The van der Waals surface area contributed by atoms with Gasteiger partial charge in [0.25, 0.3) is 0 Å². The van der Waals surface area contributed by atoms with E-state index in [-0.39, 0.29) is 0 Å². The van der Waals surface area contributed by atoms with E-state index >= 15 is 0 Å². The van der Waals surface area contributed by atoms with Gasteiger partial charge in [-0.1, -0.05) is 35.9 Å². The van der Waals surface area contributed by atoms with Gasteiger partial charge in [0.05, 0.1) is 0 Å². The van der Waals surface area contributed by atoms with Crippen LogP contribution in [0, 0.1) is 11.6 Å². The van der Waals surface area contributed by atoms with Crippen LogP contribution in [0.4, 0.5) is 8.78 Å². The van der Waals surface area contributed by atoms with Gasteiger partial charge in [-0.15, -0.1) is 11.8 Å². The van der Waals surface area contributed by atoms with Gasteiger partial charge in [0.15, 0.2) is 0 Å². The highest BCUT2D eigenvalue weighted by molar-refractivity contribution is 8.08. The van der Waals surface area contributed by atoms with E-state index in [1.807, 2.05) is 18.2 Å². The molecule has 3 aromatic rings. The number of aliphatic hydroxyl groups excluding tert-OH is 1. The Morgan fingerprint density at radius 1 is 1.11 bits per heavy atom. The summed E-state index contributed by atoms with van der Waals surface area (Å²) in [6.07, 6.45) is 2.25. The molecule has 2 atom stereocenters. The molecule has 0 spiro atoms. The van der Waals surface area contributed by atoms with Gasteiger partial charge < -0.3 is 5.11 Å². The van der Waals surface area contributed by atoms with Gasteiger partial charge in [0.2, 0.25) is 0 Å². The maximum Gasteiger partial charge on any atom is 0.129 e. The summed E-state index contributed by atoms with van der Waals surface area (Å²) in [6.45, 7) is 0. The van der Waals surface area contributed by atoms with Gasteiger partial charge >= 0.3 is 0 Å². The van der Waals surface area contributed by atoms with Crippen molar-refractivity contribution < 1.29 is 13.9 Å². The number of hydrogen-bond donors (Lipinski definition) is 1. The van der Waals surface area contributed by atoms with Crippen molar-refractivity contribution in [3.05, 3.63) is 106 Å². The summed E-state index contributed by atoms with van der Waals surface area (Å²) in [7, 11) is 0. The normalized spacial score (nSPS) is 17.8. The predicted octanol–water partition coefficient (Wildman–Crippen LogP) is 5.99. The lowest BCUT2D eigenvalue weighted by atomic mass is 9.85. The van der Waals surface area contributed by atoms with Crippen molar-refractivity contribution in [2.24, 2.45) is 0 Å². The highest BCUT2D eigenvalue weighted by Crippen LogP contribution is 2.51. The Labute approximate surface area is 170 Å². The molecule has 6 heteroatoms. The third-order valence-electron chi connectivity index (χ3n) is 4.75. The zero-order valence-electron chi connectivity index (χ0n) is 14.6. The molecule has 4 rings (SSSR count). The van der Waals surface area contributed by atoms with E-state index in [0.717, 1.165) is 16.5 Å². The van der Waals surface area contributed by atoms with Crippen molar-refractivity contribution >= 4 is 28.3 Å². The van der Waals surface area contributed by atoms with Crippen LogP contribution in [-0.2, 0) is 0 Å². The average molecular weight is 416 g/mol. The van der Waals surface area contributed by atoms with Gasteiger partial charge in [-0.25, -0.2) is 8.78 Å². The number of rotatable bonds is 4. The summed E-state index contributed by atoms with van der Waals surface area (Å²) in [5.74, 6) is -1.10. The lowest BCUT2D eigenvalue weighted by Crippen LogP contribution is -2.12. The van der Waals surface area contributed by atoms with Crippen LogP contribution in [0.5, 0.6) is 0 Å². The number of benzene rings is 2. The molecule has 0 saturated heterocycles. The summed E-state index contributed by atoms with van der Waals surface area (Å²) in [5, 5.41) is 11.7. The molecule has 1 aliphatic rings. The van der Waals surface area contributed by atoms with Crippen LogP contribution in [0.15, 0.2) is 72.6 Å². The Morgan fingerprint density at radius 2 is 1.96 bits per heavy atom. The first-order valence-corrected chi connectivity index (χ1v) is 10.1. The molecular formula is C22H16ClF2NOS. The summed E-state index contributed by atoms with van der Waals surface area (Å²) in [6, 6.07) is 14.4. The van der Waals surface area contributed by atoms with Gasteiger partial charge in [0, 0.05) is 45.6 Å². The fraction of sp³-hybridized carbons (Fsp3) is 0.136. The van der Waals surface area contributed by atoms with Gasteiger partial charge in [-0.05, 0) is 41.0 Å². The van der Waals surface area contributed by atoms with Gasteiger partial charge in [-0.3, -0.25) is 4.98 Å². The van der Waals surface area contributed by atoms with Crippen LogP contribution in [0.1, 0.15) is 28.7 Å². The maximum absolute atomic E-state index is 14.5. The number of pyridine rings is 1. The van der Waals surface area contributed by atoms with E-state index in [1.165, 1.54) is 23.9 Å². The Morgan fingerprint density at radius 3 is 2.68 bits per heavy atom. The molecule has 2 heterocycles. The van der Waals surface area contributed by atoms with Crippen molar-refractivity contribution in [1.82, 2.24) is 4.98 Å². The van der Waals surface area contributed by atoms with Crippen LogP contribution < -0.4 is 0 Å². The quantitative estimate of drug-likeness (QED) is 0.568. The first kappa shape index (κ1) is 19.1. The van der Waals surface area contributed by atoms with E-state index in [1.54, 1.807) is 30.6 Å². The lowest BCUT2D eigenvalue weighted by Gasteiger charge is -2.22. The monoisotopic (exact) mass is 415 g/mol. The third-order valence-corrected chi connectivity index (χ3v) is 6.25. The standard InChI is InChI=1S/C22H16ClF2NOS/c23-15-5-1-3-13(9-15)22-20(21(27)14-4-2-8-26-11-14)18(12-28-22)17-7-6-16(24)10-19(17)25/h1-11,18,21,27H,12H2. The fourth-order valence-electron chi connectivity index (χ4n) is 3.45. The maximum atomic E-state index is 14.5. The largest absolute Gasteiger partial charge is 0.384 e. The summed E-state index contributed by atoms with van der Waals surface area (Å²) < 4.78 is 28.0. The molecule has 142 valence electrons. The highest BCUT2D eigenvalue weighted by atomic mass is 35.5. The molecule has 0 bridgehead atoms. The molecule has 28 heavy (non-hydrogen) atoms. The summed E-state index contributed by atoms with van der Waals surface area (Å²) in [4.78, 5) is 4.94. The minimum absolute atomic E-state index is 0.365. The Hall–Kier alpha value is -2.21. The second-order valence-electron chi connectivity index (χ2n) is 6.51. The molecule has 2 aromatic carbocycles. The molecule has 0 fully saturated rings. The first-order valence-electron chi connectivity index (χ1n) is 8.70. The van der Waals surface area contributed by atoms with E-state index in [2.05, 4.69) is 4.98 Å². The van der Waals surface area contributed by atoms with Gasteiger partial charge in [0.1, 0.15) is 17.7 Å². The second kappa shape index (κ2) is 8.03. The highest BCUT2D eigenvalue weighted by Gasteiger charge is 2.35. The molecule has 0 amide bonds. The molecule has 2 nitrogen and oxygen atoms in total. The summed E-state index contributed by atoms with van der Waals surface area (Å²) >= 11 is 7.69. The molecular weight excluding hydrogens is 400 g/mol. The Kier molecular flexibility index (Phi) is 5.49. The Balaban J connectivity index is 1.87. The van der Waals surface area contributed by atoms with Crippen LogP contribution in [-0.4, -0.2) is 15.8 Å². The smallest absolute Gasteiger partial charge is 0.129 e. The first-order chi connectivity index (χ1) is 13.5. The van der Waals surface area contributed by atoms with Crippen LogP contribution in [0.2, 0.25) is 5.02 Å². The lowest BCUT2D eigenvalue weighted by molar-refractivity contribution is 0.210. The van der Waals surface area contributed by atoms with Crippen LogP contribution in [0.3, 0.4) is 0 Å². The van der Waals surface area contributed by atoms with Crippen molar-refractivity contribution in [3.63, 3.8) is 0 Å². The van der Waals surface area contributed by atoms with Crippen molar-refractivity contribution in [2.75, 3.05) is 5.75 Å². The number of thioether (sulfide) groups is 1. The molecule has 2 unspecified atom stereocenters. The van der Waals surface area contributed by atoms with Crippen molar-refractivity contribution in [1.29, 1.82) is 0 Å². The number of aromatic nitrogens is 1. The molecule has 0 saturated carbocycles. The molecule has 1 aromatic heterocycles. The van der Waals surface area contributed by atoms with E-state index < -0.39 is 23.7 Å². The van der Waals surface area contributed by atoms with Crippen LogP contribution in [0.25, 0.3) is 4.91 Å². The van der Waals surface area contributed by atoms with E-state index in [0.29, 0.717) is 27.5 Å². The topological polar surface area (TPSA) is 33.1 Å². The second-order valence-corrected chi connectivity index (χ2v) is 7.98. The number of aliphatic hydroxyl groups is 1. The molecule has 0 aliphatic carbocycles. The zero-order chi connectivity index (χ0) is 19.7. The van der Waals surface area contributed by atoms with Crippen LogP contribution >= 0.6 is 23.4 Å². The van der Waals surface area contributed by atoms with Crippen molar-refractivity contribution in [3.8, 4) is 0 Å². The van der Waals surface area contributed by atoms with Gasteiger partial charge in [-0.2, -0.15) is 0 Å².